The van der Waals surface area contributed by atoms with Crippen LogP contribution in [-0.4, -0.2) is 39.1 Å². The van der Waals surface area contributed by atoms with Crippen LogP contribution in [0.5, 0.6) is 0 Å². The van der Waals surface area contributed by atoms with Crippen molar-refractivity contribution in [3.05, 3.63) is 16.1 Å². The van der Waals surface area contributed by atoms with Gasteiger partial charge < -0.3 is 15.3 Å². The molecule has 2 bridgehead atoms. The van der Waals surface area contributed by atoms with Crippen molar-refractivity contribution in [2.75, 3.05) is 0 Å². The van der Waals surface area contributed by atoms with Crippen molar-refractivity contribution in [2.45, 2.75) is 44.8 Å². The van der Waals surface area contributed by atoms with Crippen LogP contribution in [0.15, 0.2) is 5.51 Å². The highest BCUT2D eigenvalue weighted by molar-refractivity contribution is 7.09. The molecule has 0 aromatic carbocycles. The molecule has 2 saturated heterocycles. The molecule has 20 heavy (non-hydrogen) atoms. The Hall–Kier alpha value is -1.63. The number of rotatable bonds is 3. The second kappa shape index (κ2) is 5.05. The summed E-state index contributed by atoms with van der Waals surface area (Å²) in [7, 11) is 0. The van der Waals surface area contributed by atoms with Crippen molar-refractivity contribution in [2.24, 2.45) is 5.92 Å². The van der Waals surface area contributed by atoms with E-state index in [1.807, 2.05) is 6.92 Å². The Morgan fingerprint density at radius 2 is 2.35 bits per heavy atom. The van der Waals surface area contributed by atoms with Crippen molar-refractivity contribution in [1.29, 1.82) is 0 Å². The second-order valence-electron chi connectivity index (χ2n) is 5.41. The van der Waals surface area contributed by atoms with Gasteiger partial charge in [-0.3, -0.25) is 4.79 Å². The van der Waals surface area contributed by atoms with Crippen molar-refractivity contribution >= 4 is 23.3 Å². The minimum atomic E-state index is -0.784. The number of aromatic nitrogens is 1. The Bertz CT molecular complexity index is 545. The van der Waals surface area contributed by atoms with Gasteiger partial charge in [-0.15, -0.1) is 11.3 Å². The van der Waals surface area contributed by atoms with Crippen molar-refractivity contribution < 1.29 is 14.7 Å². The highest BCUT2D eigenvalue weighted by atomic mass is 32.1. The van der Waals surface area contributed by atoms with Crippen molar-refractivity contribution in [3.8, 4) is 0 Å². The van der Waals surface area contributed by atoms with Gasteiger partial charge in [0.05, 0.1) is 23.7 Å². The van der Waals surface area contributed by atoms with Crippen LogP contribution < -0.4 is 5.32 Å². The zero-order valence-corrected chi connectivity index (χ0v) is 12.0. The summed E-state index contributed by atoms with van der Waals surface area (Å²) in [5.74, 6) is -1.18. The molecule has 3 rings (SSSR count). The molecule has 0 saturated carbocycles. The lowest BCUT2D eigenvalue weighted by atomic mass is 9.89. The van der Waals surface area contributed by atoms with Gasteiger partial charge in [0.1, 0.15) is 0 Å². The quantitative estimate of drug-likeness (QED) is 0.887. The number of carboxylic acids is 1. The Morgan fingerprint density at radius 1 is 1.55 bits per heavy atom. The Morgan fingerprint density at radius 3 is 2.95 bits per heavy atom. The number of hydrogen-bond acceptors (Lipinski definition) is 4. The maximum Gasteiger partial charge on any atom is 0.318 e. The summed E-state index contributed by atoms with van der Waals surface area (Å²) in [4.78, 5) is 30.4. The number of carbonyl (C=O) groups is 2. The van der Waals surface area contributed by atoms with E-state index in [4.69, 9.17) is 0 Å². The maximum atomic E-state index is 12.3. The van der Waals surface area contributed by atoms with Crippen LogP contribution in [0.3, 0.4) is 0 Å². The van der Waals surface area contributed by atoms with Gasteiger partial charge in [0.2, 0.25) is 0 Å². The van der Waals surface area contributed by atoms with Gasteiger partial charge in [-0.1, -0.05) is 0 Å². The third kappa shape index (κ3) is 2.15. The molecule has 3 unspecified atom stereocenters. The van der Waals surface area contributed by atoms with Crippen LogP contribution in [0.2, 0.25) is 0 Å². The summed E-state index contributed by atoms with van der Waals surface area (Å²) >= 11 is 1.52. The molecule has 0 spiro atoms. The van der Waals surface area contributed by atoms with Crippen LogP contribution >= 0.6 is 11.3 Å². The molecular formula is C13H17N3O3S. The number of carbonyl (C=O) groups excluding carboxylic acids is 1. The third-order valence-electron chi connectivity index (χ3n) is 4.33. The summed E-state index contributed by atoms with van der Waals surface area (Å²) < 4.78 is 0. The number of urea groups is 1. The first kappa shape index (κ1) is 13.4. The fraction of sp³-hybridized carbons (Fsp3) is 0.615. The molecule has 0 aliphatic carbocycles. The zero-order valence-electron chi connectivity index (χ0n) is 11.2. The highest BCUT2D eigenvalue weighted by Crippen LogP contribution is 2.41. The summed E-state index contributed by atoms with van der Waals surface area (Å²) in [5.41, 5.74) is 2.69. The van der Waals surface area contributed by atoms with Gasteiger partial charge in [-0.2, -0.15) is 0 Å². The average Bonchev–Trinajstić information content (AvgIpc) is 3.09. The molecule has 1 aromatic rings. The molecule has 3 atom stereocenters. The summed E-state index contributed by atoms with van der Waals surface area (Å²) in [6, 6.07) is -0.197. The minimum Gasteiger partial charge on any atom is -0.481 e. The van der Waals surface area contributed by atoms with E-state index < -0.39 is 11.9 Å². The van der Waals surface area contributed by atoms with Gasteiger partial charge in [0.25, 0.3) is 0 Å². The monoisotopic (exact) mass is 295 g/mol. The van der Waals surface area contributed by atoms with Crippen LogP contribution in [0.1, 0.15) is 29.8 Å². The normalized spacial score (nSPS) is 27.9. The minimum absolute atomic E-state index is 0.0867. The lowest BCUT2D eigenvalue weighted by Crippen LogP contribution is -2.44. The van der Waals surface area contributed by atoms with E-state index in [1.54, 1.807) is 10.4 Å². The standard InChI is InChI=1S/C13H17N3O3S/c1-7-11(20-6-15-7)5-14-13(19)16-8-2-3-10(16)9(4-8)12(17)18/h6,8-10H,2-5H2,1H3,(H,14,19)(H,17,18). The first-order valence-electron chi connectivity index (χ1n) is 6.76. The Balaban J connectivity index is 1.64. The number of nitrogens with zero attached hydrogens (tertiary/aromatic N) is 2. The van der Waals surface area contributed by atoms with Gasteiger partial charge in [0, 0.05) is 17.0 Å². The summed E-state index contributed by atoms with van der Waals surface area (Å²) in [6.45, 7) is 2.38. The first-order valence-corrected chi connectivity index (χ1v) is 7.64. The molecule has 6 nitrogen and oxygen atoms in total. The smallest absolute Gasteiger partial charge is 0.318 e. The van der Waals surface area contributed by atoms with Gasteiger partial charge in [0.15, 0.2) is 0 Å². The molecule has 2 amide bonds. The van der Waals surface area contributed by atoms with Crippen LogP contribution in [0.25, 0.3) is 0 Å². The topological polar surface area (TPSA) is 82.5 Å². The van der Waals surface area contributed by atoms with Crippen LogP contribution in [-0.2, 0) is 11.3 Å². The van der Waals surface area contributed by atoms with E-state index in [-0.39, 0.29) is 18.1 Å². The number of hydrogen-bond donors (Lipinski definition) is 2. The number of nitrogens with one attached hydrogen (secondary N) is 1. The van der Waals surface area contributed by atoms with Crippen LogP contribution in [0, 0.1) is 12.8 Å². The predicted octanol–water partition coefficient (Wildman–Crippen LogP) is 1.60. The van der Waals surface area contributed by atoms with Crippen LogP contribution in [0.4, 0.5) is 4.79 Å². The largest absolute Gasteiger partial charge is 0.481 e. The number of thiazole rings is 1. The second-order valence-corrected chi connectivity index (χ2v) is 6.35. The summed E-state index contributed by atoms with van der Waals surface area (Å²) in [6.07, 6.45) is 2.31. The third-order valence-corrected chi connectivity index (χ3v) is 5.27. The predicted molar refractivity (Wildman–Crippen MR) is 73.5 cm³/mol. The molecule has 7 heteroatoms. The Labute approximate surface area is 120 Å². The molecular weight excluding hydrogens is 278 g/mol. The van der Waals surface area contributed by atoms with E-state index in [2.05, 4.69) is 10.3 Å². The number of fused-ring (bicyclic) bond motifs is 2. The number of aryl methyl sites for hydroxylation is 1. The van der Waals surface area contributed by atoms with Crippen molar-refractivity contribution in [1.82, 2.24) is 15.2 Å². The highest BCUT2D eigenvalue weighted by Gasteiger charge is 2.51. The SMILES string of the molecule is Cc1ncsc1CNC(=O)N1C2CCC1C(C(=O)O)C2. The fourth-order valence-electron chi connectivity index (χ4n) is 3.31. The van der Waals surface area contributed by atoms with E-state index in [0.29, 0.717) is 13.0 Å². The van der Waals surface area contributed by atoms with E-state index in [0.717, 1.165) is 23.4 Å². The number of aliphatic carboxylic acids is 1. The lowest BCUT2D eigenvalue weighted by molar-refractivity contribution is -0.142. The lowest BCUT2D eigenvalue weighted by Gasteiger charge is -2.23. The average molecular weight is 295 g/mol. The maximum absolute atomic E-state index is 12.3. The van der Waals surface area contributed by atoms with E-state index >= 15 is 0 Å². The first-order chi connectivity index (χ1) is 9.58. The fourth-order valence-corrected chi connectivity index (χ4v) is 4.03. The van der Waals surface area contributed by atoms with Crippen molar-refractivity contribution in [3.63, 3.8) is 0 Å². The molecule has 3 heterocycles. The Kier molecular flexibility index (Phi) is 3.37. The zero-order chi connectivity index (χ0) is 14.3. The molecule has 1 aromatic heterocycles. The molecule has 108 valence electrons. The van der Waals surface area contributed by atoms with E-state index in [1.165, 1.54) is 11.3 Å². The van der Waals surface area contributed by atoms with E-state index in [9.17, 15) is 14.7 Å². The molecule has 2 fully saturated rings. The molecule has 2 aliphatic rings. The molecule has 2 N–H and O–H groups in total. The number of amides is 2. The van der Waals surface area contributed by atoms with Gasteiger partial charge in [-0.25, -0.2) is 9.78 Å². The summed E-state index contributed by atoms with van der Waals surface area (Å²) in [5, 5.41) is 12.1. The van der Waals surface area contributed by atoms with Gasteiger partial charge in [-0.05, 0) is 26.2 Å². The molecule has 0 radical (unpaired) electrons. The number of carboxylic acid groups (broad SMARTS) is 1. The molecule has 2 aliphatic heterocycles. The van der Waals surface area contributed by atoms with Gasteiger partial charge >= 0.3 is 12.0 Å².